The molecule has 0 amide bonds. The minimum atomic E-state index is -1.98. The van der Waals surface area contributed by atoms with Gasteiger partial charge in [-0.05, 0) is 85.0 Å². The number of esters is 1. The van der Waals surface area contributed by atoms with Crippen LogP contribution >= 0.6 is 0 Å². The molecule has 468 valence electrons. The standard InChI is InChI=1S/C59H94FN6O17/c1-16-46-59(10,72)52(69)35(4)48(62-78-32-74-12)33(2)26-58(9,77-15)54(36(5)50(37(6)55(71)81-46)82-47-27-57(8,76-14)53(70)38(7)80-47)83-56-49(68)44(25-34(3)79-56)64(11)24-23-42-30-65(63-61-42)45(28-60)51(75-13)40-19-17-39(18-20-40)41-21-22-43(31-67)66(73)29-41/h17-22,29-30,33-38,44-47,49-54,56,67-70,72-73H,16,23-28,31-32H2,1-15H3/q+1/b62-48+/t33-,34-,35+,36+,37-,38+,44+,45-,46-,47+,49-,50+,51-,52-,53+,54-,56+,57-,58-,59-/m1/s1. The van der Waals surface area contributed by atoms with Crippen molar-refractivity contribution in [3.63, 3.8) is 0 Å². The second-order valence-electron chi connectivity index (χ2n) is 23.6. The van der Waals surface area contributed by atoms with Gasteiger partial charge in [0, 0.05) is 88.6 Å². The zero-order valence-electron chi connectivity index (χ0n) is 51.0. The van der Waals surface area contributed by atoms with Gasteiger partial charge in [-0.2, -0.15) is 0 Å². The number of aliphatic hydroxyl groups excluding tert-OH is 4. The average molecular weight is 1180 g/mol. The summed E-state index contributed by atoms with van der Waals surface area (Å²) in [6.45, 7) is 16.5. The highest BCUT2D eigenvalue weighted by Crippen LogP contribution is 2.43. The smallest absolute Gasteiger partial charge is 0.311 e. The minimum absolute atomic E-state index is 0.0735. The molecule has 0 radical (unpaired) electrons. The number of ether oxygens (including phenoxy) is 9. The number of carbonyl (C=O) groups excluding carboxylic acids is 1. The first-order valence-corrected chi connectivity index (χ1v) is 28.8. The van der Waals surface area contributed by atoms with Crippen LogP contribution in [0.25, 0.3) is 11.1 Å². The van der Waals surface area contributed by atoms with Crippen LogP contribution in [0, 0.1) is 23.7 Å². The van der Waals surface area contributed by atoms with Gasteiger partial charge in [-0.15, -0.1) is 5.10 Å². The predicted octanol–water partition coefficient (Wildman–Crippen LogP) is 4.63. The first kappa shape index (κ1) is 67.7. The summed E-state index contributed by atoms with van der Waals surface area (Å²) >= 11 is 0. The Morgan fingerprint density at radius 1 is 0.916 bits per heavy atom. The summed E-state index contributed by atoms with van der Waals surface area (Å²) in [6, 6.07) is 9.34. The average Bonchev–Trinajstić information content (AvgIpc) is 4.12. The Kier molecular flexibility index (Phi) is 23.9. The van der Waals surface area contributed by atoms with E-state index in [1.54, 1.807) is 52.9 Å². The van der Waals surface area contributed by atoms with Crippen molar-refractivity contribution in [2.24, 2.45) is 28.8 Å². The monoisotopic (exact) mass is 1180 g/mol. The van der Waals surface area contributed by atoms with E-state index >= 15 is 4.39 Å². The van der Waals surface area contributed by atoms with E-state index in [1.807, 2.05) is 63.9 Å². The molecule has 23 nitrogen and oxygen atoms in total. The molecule has 3 aromatic rings. The van der Waals surface area contributed by atoms with Gasteiger partial charge in [-0.25, -0.2) is 9.07 Å². The number of halogens is 1. The number of aliphatic hydroxyl groups is 5. The summed E-state index contributed by atoms with van der Waals surface area (Å²) in [7, 11) is 7.85. The molecule has 3 fully saturated rings. The van der Waals surface area contributed by atoms with E-state index in [9.17, 15) is 35.5 Å². The van der Waals surface area contributed by atoms with E-state index < -0.39 is 133 Å². The molecule has 0 bridgehead atoms. The number of likely N-dealkylation sites (N-methyl/N-ethyl adjacent to an activating group) is 1. The first-order chi connectivity index (χ1) is 39.3. The van der Waals surface area contributed by atoms with Crippen molar-refractivity contribution in [3.8, 4) is 11.1 Å². The normalized spacial score (nSPS) is 36.3. The van der Waals surface area contributed by atoms with Crippen molar-refractivity contribution in [1.82, 2.24) is 19.9 Å². The molecule has 5 heterocycles. The van der Waals surface area contributed by atoms with Gasteiger partial charge in [0.25, 0.3) is 5.69 Å². The molecule has 3 aliphatic rings. The van der Waals surface area contributed by atoms with Gasteiger partial charge in [0.05, 0.1) is 64.6 Å². The molecule has 1 aromatic carbocycles. The number of hydrogen-bond acceptors (Lipinski definition) is 21. The SMILES string of the molecule is CC[C@H]1OC(=O)[C@H](C)[C@@H](O[C@H]2C[C@@](C)(OC)[C@@H](O)[C@H](C)O2)[C@H](C)[C@@H](O[C@@H]2O[C@H](C)C[C@H](N(C)CCc3cn([C@H](CF)[C@H](OC)c4ccc(-c5ccc(CO)[n+](O)c5)cc4)nn3)[C@H]2O)[C@](C)(OC)C[C@@H](C)/C(=N\OCOC)[C@H](C)[C@@H](O)[C@]1(C)O. The number of pyridine rings is 1. The predicted molar refractivity (Wildman–Crippen MR) is 299 cm³/mol. The minimum Gasteiger partial charge on any atom is -0.459 e. The van der Waals surface area contributed by atoms with Gasteiger partial charge < -0.3 is 77.9 Å². The Balaban J connectivity index is 1.30. The number of cyclic esters (lactones) is 1. The van der Waals surface area contributed by atoms with E-state index in [-0.39, 0.29) is 32.7 Å². The van der Waals surface area contributed by atoms with Gasteiger partial charge >= 0.3 is 5.97 Å². The largest absolute Gasteiger partial charge is 0.459 e. The lowest BCUT2D eigenvalue weighted by molar-refractivity contribution is -0.910. The Hall–Kier alpha value is -4.38. The fourth-order valence-electron chi connectivity index (χ4n) is 12.4. The summed E-state index contributed by atoms with van der Waals surface area (Å²) in [5.41, 5.74) is -0.958. The molecule has 24 heteroatoms. The molecule has 83 heavy (non-hydrogen) atoms. The molecule has 0 unspecified atom stereocenters. The summed E-state index contributed by atoms with van der Waals surface area (Å²) in [5, 5.41) is 80.8. The number of rotatable bonds is 21. The molecule has 3 aliphatic heterocycles. The number of oxime groups is 1. The van der Waals surface area contributed by atoms with Crippen LogP contribution in [0.4, 0.5) is 4.39 Å². The lowest BCUT2D eigenvalue weighted by Gasteiger charge is -2.50. The Morgan fingerprint density at radius 3 is 2.19 bits per heavy atom. The number of methoxy groups -OCH3 is 4. The fraction of sp³-hybridized carbons (Fsp3) is 0.746. The summed E-state index contributed by atoms with van der Waals surface area (Å²) < 4.78 is 73.9. The molecule has 3 saturated heterocycles. The fourth-order valence-corrected chi connectivity index (χ4v) is 12.4. The number of alkyl halides is 1. The third-order valence-electron chi connectivity index (χ3n) is 17.7. The van der Waals surface area contributed by atoms with Crippen LogP contribution in [0.2, 0.25) is 0 Å². The highest BCUT2D eigenvalue weighted by molar-refractivity contribution is 5.88. The maximum Gasteiger partial charge on any atom is 0.311 e. The van der Waals surface area contributed by atoms with E-state index in [4.69, 9.17) is 47.5 Å². The maximum atomic E-state index is 15.1. The van der Waals surface area contributed by atoms with Crippen LogP contribution in [-0.4, -0.2) is 202 Å². The van der Waals surface area contributed by atoms with E-state index in [0.29, 0.717) is 47.6 Å². The lowest BCUT2D eigenvalue weighted by atomic mass is 9.73. The van der Waals surface area contributed by atoms with Gasteiger partial charge in [0.1, 0.15) is 49.3 Å². The third-order valence-corrected chi connectivity index (χ3v) is 17.7. The topological polar surface area (TPSA) is 281 Å². The molecule has 2 aromatic heterocycles. The number of nitrogens with zero attached hydrogens (tertiary/aromatic N) is 6. The van der Waals surface area contributed by atoms with Crippen LogP contribution in [-0.2, 0) is 65.3 Å². The van der Waals surface area contributed by atoms with Crippen LogP contribution < -0.4 is 4.73 Å². The van der Waals surface area contributed by atoms with Gasteiger partial charge in [-0.1, -0.05) is 62.3 Å². The highest BCUT2D eigenvalue weighted by atomic mass is 19.1. The Bertz CT molecular complexity index is 2550. The van der Waals surface area contributed by atoms with E-state index in [1.165, 1.54) is 46.2 Å². The quantitative estimate of drug-likeness (QED) is 0.0212. The van der Waals surface area contributed by atoms with Gasteiger partial charge in [0.2, 0.25) is 13.0 Å². The number of aromatic nitrogens is 4. The second-order valence-corrected chi connectivity index (χ2v) is 23.6. The van der Waals surface area contributed by atoms with Crippen LogP contribution in [0.15, 0.2) is 53.9 Å². The molecule has 6 rings (SSSR count). The summed E-state index contributed by atoms with van der Waals surface area (Å²) in [4.78, 5) is 22.3. The number of hydrogen-bond donors (Lipinski definition) is 6. The number of benzene rings is 1. The van der Waals surface area contributed by atoms with E-state index in [2.05, 4.69) is 15.5 Å². The molecular weight excluding hydrogens is 1080 g/mol. The summed E-state index contributed by atoms with van der Waals surface area (Å²) in [6.07, 6.45) is -7.02. The van der Waals surface area contributed by atoms with Crippen molar-refractivity contribution < 1.29 is 92.1 Å². The van der Waals surface area contributed by atoms with Gasteiger partial charge in [-0.3, -0.25) is 10.0 Å². The zero-order chi connectivity index (χ0) is 61.3. The molecule has 0 spiro atoms. The highest BCUT2D eigenvalue weighted by Gasteiger charge is 2.54. The van der Waals surface area contributed by atoms with Crippen molar-refractivity contribution in [3.05, 3.63) is 65.7 Å². The van der Waals surface area contributed by atoms with Crippen LogP contribution in [0.5, 0.6) is 0 Å². The Morgan fingerprint density at radius 2 is 1.59 bits per heavy atom. The summed E-state index contributed by atoms with van der Waals surface area (Å²) in [5.74, 6) is -4.06. The first-order valence-electron chi connectivity index (χ1n) is 28.8. The lowest BCUT2D eigenvalue weighted by Crippen LogP contribution is -2.61. The van der Waals surface area contributed by atoms with Crippen LogP contribution in [0.1, 0.15) is 124 Å². The molecule has 0 aliphatic carbocycles. The van der Waals surface area contributed by atoms with Crippen molar-refractivity contribution >= 4 is 11.7 Å². The van der Waals surface area contributed by atoms with Gasteiger partial charge in [0.15, 0.2) is 12.6 Å². The van der Waals surface area contributed by atoms with Crippen molar-refractivity contribution in [2.75, 3.05) is 55.5 Å². The molecular formula is C59H94FN6O17+. The zero-order valence-corrected chi connectivity index (χ0v) is 51.0. The maximum absolute atomic E-state index is 15.1. The molecule has 0 saturated carbocycles. The molecule has 20 atom stereocenters. The van der Waals surface area contributed by atoms with E-state index in [0.717, 1.165) is 10.3 Å². The second kappa shape index (κ2) is 29.3. The van der Waals surface area contributed by atoms with Crippen molar-refractivity contribution in [1.29, 1.82) is 0 Å². The third kappa shape index (κ3) is 15.4. The van der Waals surface area contributed by atoms with Crippen molar-refractivity contribution in [2.45, 2.75) is 204 Å². The Labute approximate surface area is 487 Å². The van der Waals surface area contributed by atoms with Crippen LogP contribution in [0.3, 0.4) is 0 Å². The number of carbonyl (C=O) groups is 1. The molecule has 6 N–H and O–H groups in total.